The number of hydrogen-bond acceptors (Lipinski definition) is 4. The molecule has 0 unspecified atom stereocenters. The van der Waals surface area contributed by atoms with Crippen molar-refractivity contribution in [1.29, 1.82) is 0 Å². The van der Waals surface area contributed by atoms with Gasteiger partial charge in [0.1, 0.15) is 12.1 Å². The van der Waals surface area contributed by atoms with E-state index in [1.807, 2.05) is 0 Å². The van der Waals surface area contributed by atoms with Gasteiger partial charge in [-0.1, -0.05) is 27.5 Å². The predicted octanol–water partition coefficient (Wildman–Crippen LogP) is 1.58. The summed E-state index contributed by atoms with van der Waals surface area (Å²) in [6, 6.07) is 3.72. The summed E-state index contributed by atoms with van der Waals surface area (Å²) in [5, 5.41) is 5.73. The number of esters is 1. The van der Waals surface area contributed by atoms with Crippen LogP contribution in [-0.4, -0.2) is 37.0 Å². The minimum Gasteiger partial charge on any atom is -0.467 e. The molecule has 1 aromatic carbocycles. The van der Waals surface area contributed by atoms with Crippen molar-refractivity contribution in [3.63, 3.8) is 0 Å². The first kappa shape index (κ1) is 17.7. The maximum absolute atomic E-state index is 12.2. The van der Waals surface area contributed by atoms with Gasteiger partial charge in [0.15, 0.2) is 0 Å². The molecule has 2 N–H and O–H groups in total. The third kappa shape index (κ3) is 4.68. The first-order valence-electron chi connectivity index (χ1n) is 7.02. The van der Waals surface area contributed by atoms with E-state index in [0.717, 1.165) is 10.0 Å². The number of benzene rings is 1. The Morgan fingerprint density at radius 3 is 2.87 bits per heavy atom. The number of ether oxygens (including phenoxy) is 1. The van der Waals surface area contributed by atoms with Crippen molar-refractivity contribution < 1.29 is 19.1 Å². The van der Waals surface area contributed by atoms with E-state index in [-0.39, 0.29) is 12.3 Å². The summed E-state index contributed by atoms with van der Waals surface area (Å²) >= 11 is 9.36. The second-order valence-electron chi connectivity index (χ2n) is 5.18. The van der Waals surface area contributed by atoms with Gasteiger partial charge in [-0.15, -0.1) is 0 Å². The van der Waals surface area contributed by atoms with Gasteiger partial charge in [-0.3, -0.25) is 9.59 Å². The van der Waals surface area contributed by atoms with E-state index in [1.54, 1.807) is 18.2 Å². The molecule has 1 aromatic rings. The fourth-order valence-corrected chi connectivity index (χ4v) is 2.94. The van der Waals surface area contributed by atoms with Gasteiger partial charge in [0.2, 0.25) is 11.8 Å². The van der Waals surface area contributed by atoms with Crippen LogP contribution in [0.1, 0.15) is 18.4 Å². The zero-order valence-corrected chi connectivity index (χ0v) is 14.7. The second-order valence-corrected chi connectivity index (χ2v) is 6.47. The zero-order valence-electron chi connectivity index (χ0n) is 12.4. The first-order valence-corrected chi connectivity index (χ1v) is 8.19. The van der Waals surface area contributed by atoms with Crippen molar-refractivity contribution in [3.8, 4) is 0 Å². The monoisotopic (exact) mass is 402 g/mol. The van der Waals surface area contributed by atoms with Gasteiger partial charge in [-0.2, -0.15) is 0 Å². The number of nitrogens with one attached hydrogen (secondary N) is 2. The highest BCUT2D eigenvalue weighted by atomic mass is 79.9. The third-order valence-electron chi connectivity index (χ3n) is 3.55. The van der Waals surface area contributed by atoms with Crippen molar-refractivity contribution in [2.75, 3.05) is 7.11 Å². The lowest BCUT2D eigenvalue weighted by Crippen LogP contribution is -2.50. The van der Waals surface area contributed by atoms with E-state index >= 15 is 0 Å². The molecule has 0 saturated carbocycles. The first-order chi connectivity index (χ1) is 10.9. The molecule has 0 spiro atoms. The summed E-state index contributed by atoms with van der Waals surface area (Å²) in [7, 11) is 1.26. The summed E-state index contributed by atoms with van der Waals surface area (Å²) < 4.78 is 5.53. The smallest absolute Gasteiger partial charge is 0.328 e. The van der Waals surface area contributed by atoms with Crippen LogP contribution in [0.3, 0.4) is 0 Å². The molecule has 0 aliphatic carbocycles. The van der Waals surface area contributed by atoms with Gasteiger partial charge in [-0.25, -0.2) is 4.79 Å². The molecule has 6 nitrogen and oxygen atoms in total. The van der Waals surface area contributed by atoms with E-state index in [0.29, 0.717) is 17.9 Å². The van der Waals surface area contributed by atoms with Crippen molar-refractivity contribution in [2.24, 2.45) is 0 Å². The molecule has 2 amide bonds. The largest absolute Gasteiger partial charge is 0.467 e. The highest BCUT2D eigenvalue weighted by molar-refractivity contribution is 9.10. The van der Waals surface area contributed by atoms with Gasteiger partial charge < -0.3 is 15.4 Å². The standard InChI is InChI=1S/C15H16BrClN2O4/c1-23-15(22)12(7-8-6-9(17)2-3-10(8)16)19-14(21)11-4-5-13(20)18-11/h2-3,6,11-12H,4-5,7H2,1H3,(H,18,20)(H,19,21)/t11-,12-/m0/s1. The van der Waals surface area contributed by atoms with Gasteiger partial charge in [-0.05, 0) is 30.2 Å². The van der Waals surface area contributed by atoms with Crippen molar-refractivity contribution in [2.45, 2.75) is 31.3 Å². The minimum absolute atomic E-state index is 0.169. The van der Waals surface area contributed by atoms with Gasteiger partial charge >= 0.3 is 5.97 Å². The Morgan fingerprint density at radius 1 is 1.52 bits per heavy atom. The summed E-state index contributed by atoms with van der Waals surface area (Å²) in [5.41, 5.74) is 0.767. The third-order valence-corrected chi connectivity index (χ3v) is 4.55. The molecule has 0 radical (unpaired) electrons. The lowest BCUT2D eigenvalue weighted by molar-refractivity contribution is -0.145. The summed E-state index contributed by atoms with van der Waals surface area (Å²) in [6.45, 7) is 0. The number of amides is 2. The van der Waals surface area contributed by atoms with E-state index in [2.05, 4.69) is 26.6 Å². The molecule has 1 saturated heterocycles. The summed E-state index contributed by atoms with van der Waals surface area (Å²) in [6.07, 6.45) is 0.945. The summed E-state index contributed by atoms with van der Waals surface area (Å²) in [4.78, 5) is 35.4. The Hall–Kier alpha value is -1.60. The molecule has 2 atom stereocenters. The number of hydrogen-bond donors (Lipinski definition) is 2. The maximum Gasteiger partial charge on any atom is 0.328 e. The molecule has 0 bridgehead atoms. The van der Waals surface area contributed by atoms with E-state index in [1.165, 1.54) is 7.11 Å². The van der Waals surface area contributed by atoms with Crippen LogP contribution in [0, 0.1) is 0 Å². The topological polar surface area (TPSA) is 84.5 Å². The molecule has 1 fully saturated rings. The quantitative estimate of drug-likeness (QED) is 0.731. The van der Waals surface area contributed by atoms with Crippen LogP contribution in [0.25, 0.3) is 0 Å². The predicted molar refractivity (Wildman–Crippen MR) is 88.0 cm³/mol. The van der Waals surface area contributed by atoms with Crippen LogP contribution in [0.4, 0.5) is 0 Å². The average Bonchev–Trinajstić information content (AvgIpc) is 2.96. The molecule has 0 aromatic heterocycles. The number of carbonyl (C=O) groups excluding carboxylic acids is 3. The SMILES string of the molecule is COC(=O)[C@H](Cc1cc(Cl)ccc1Br)NC(=O)[C@@H]1CCC(=O)N1. The van der Waals surface area contributed by atoms with Gasteiger partial charge in [0.25, 0.3) is 0 Å². The van der Waals surface area contributed by atoms with Crippen LogP contribution in [0.5, 0.6) is 0 Å². The Bertz CT molecular complexity index is 638. The maximum atomic E-state index is 12.2. The van der Waals surface area contributed by atoms with Crippen LogP contribution < -0.4 is 10.6 Å². The second kappa shape index (κ2) is 7.79. The van der Waals surface area contributed by atoms with Gasteiger partial charge in [0.05, 0.1) is 7.11 Å². The molecule has 124 valence electrons. The van der Waals surface area contributed by atoms with Crippen molar-refractivity contribution in [3.05, 3.63) is 33.3 Å². The minimum atomic E-state index is -0.861. The molecule has 1 heterocycles. The zero-order chi connectivity index (χ0) is 17.0. The molecule has 23 heavy (non-hydrogen) atoms. The fourth-order valence-electron chi connectivity index (χ4n) is 2.34. The Kier molecular flexibility index (Phi) is 6.01. The highest BCUT2D eigenvalue weighted by Crippen LogP contribution is 2.22. The molecule has 8 heteroatoms. The normalized spacial score (nSPS) is 18.2. The molecular weight excluding hydrogens is 388 g/mol. The molecular formula is C15H16BrClN2O4. The van der Waals surface area contributed by atoms with Crippen LogP contribution in [0.2, 0.25) is 5.02 Å². The van der Waals surface area contributed by atoms with Gasteiger partial charge in [0, 0.05) is 22.3 Å². The van der Waals surface area contributed by atoms with Crippen molar-refractivity contribution in [1.82, 2.24) is 10.6 Å². The van der Waals surface area contributed by atoms with E-state index in [4.69, 9.17) is 16.3 Å². The molecule has 1 aliphatic heterocycles. The Morgan fingerprint density at radius 2 is 2.26 bits per heavy atom. The summed E-state index contributed by atoms with van der Waals surface area (Å²) in [5.74, 6) is -1.13. The Labute approximate surface area is 147 Å². The average molecular weight is 404 g/mol. The van der Waals surface area contributed by atoms with Crippen LogP contribution in [-0.2, 0) is 25.5 Å². The highest BCUT2D eigenvalue weighted by Gasteiger charge is 2.31. The number of rotatable bonds is 5. The van der Waals surface area contributed by atoms with E-state index in [9.17, 15) is 14.4 Å². The number of halogens is 2. The van der Waals surface area contributed by atoms with E-state index < -0.39 is 24.0 Å². The van der Waals surface area contributed by atoms with Crippen molar-refractivity contribution >= 4 is 45.3 Å². The number of methoxy groups -OCH3 is 1. The molecule has 2 rings (SSSR count). The lowest BCUT2D eigenvalue weighted by atomic mass is 10.1. The lowest BCUT2D eigenvalue weighted by Gasteiger charge is -2.19. The fraction of sp³-hybridized carbons (Fsp3) is 0.400. The van der Waals surface area contributed by atoms with Crippen LogP contribution in [0.15, 0.2) is 22.7 Å². The number of carbonyl (C=O) groups is 3. The Balaban J connectivity index is 2.11. The van der Waals surface area contributed by atoms with Crippen LogP contribution >= 0.6 is 27.5 Å². The molecule has 1 aliphatic rings.